The van der Waals surface area contributed by atoms with Crippen molar-refractivity contribution in [3.63, 3.8) is 0 Å². The van der Waals surface area contributed by atoms with Gasteiger partial charge in [-0.25, -0.2) is 4.98 Å². The van der Waals surface area contributed by atoms with E-state index in [1.54, 1.807) is 6.20 Å². The van der Waals surface area contributed by atoms with Gasteiger partial charge in [0.25, 0.3) is 0 Å². The fourth-order valence-electron chi connectivity index (χ4n) is 1.06. The molecule has 4 nitrogen and oxygen atoms in total. The van der Waals surface area contributed by atoms with E-state index >= 15 is 0 Å². The predicted molar refractivity (Wildman–Crippen MR) is 49.7 cm³/mol. The summed E-state index contributed by atoms with van der Waals surface area (Å²) in [5.74, 6) is 0.953. The molecule has 0 saturated carbocycles. The van der Waals surface area contributed by atoms with Crippen molar-refractivity contribution in [2.75, 3.05) is 0 Å². The Morgan fingerprint density at radius 2 is 2.54 bits per heavy atom. The molecule has 0 fully saturated rings. The lowest BCUT2D eigenvalue weighted by molar-refractivity contribution is 0.561. The molecular formula is C9H14N4. The van der Waals surface area contributed by atoms with E-state index in [1.807, 2.05) is 24.7 Å². The number of nitrogens with zero attached hydrogens (tertiary/aromatic N) is 3. The van der Waals surface area contributed by atoms with Gasteiger partial charge in [-0.05, 0) is 6.42 Å². The maximum Gasteiger partial charge on any atom is 0.122 e. The molecule has 4 heteroatoms. The van der Waals surface area contributed by atoms with Crippen molar-refractivity contribution in [3.8, 4) is 6.07 Å². The smallest absolute Gasteiger partial charge is 0.122 e. The molecule has 1 aromatic heterocycles. The van der Waals surface area contributed by atoms with E-state index in [2.05, 4.69) is 16.4 Å². The molecule has 1 atom stereocenters. The summed E-state index contributed by atoms with van der Waals surface area (Å²) in [5, 5.41) is 11.8. The highest BCUT2D eigenvalue weighted by Crippen LogP contribution is 1.95. The third kappa shape index (κ3) is 2.56. The normalized spacial score (nSPS) is 12.4. The summed E-state index contributed by atoms with van der Waals surface area (Å²) in [4.78, 5) is 4.15. The van der Waals surface area contributed by atoms with Crippen LogP contribution in [0.4, 0.5) is 0 Å². The third-order valence-electron chi connectivity index (χ3n) is 1.99. The van der Waals surface area contributed by atoms with Crippen LogP contribution in [-0.4, -0.2) is 15.6 Å². The Labute approximate surface area is 78.2 Å². The van der Waals surface area contributed by atoms with Crippen molar-refractivity contribution in [1.29, 1.82) is 5.26 Å². The maximum atomic E-state index is 8.68. The molecule has 0 spiro atoms. The number of rotatable bonds is 4. The van der Waals surface area contributed by atoms with E-state index in [-0.39, 0.29) is 6.04 Å². The summed E-state index contributed by atoms with van der Waals surface area (Å²) in [6.45, 7) is 2.63. The van der Waals surface area contributed by atoms with Gasteiger partial charge in [0, 0.05) is 19.4 Å². The number of aromatic nitrogens is 2. The van der Waals surface area contributed by atoms with Gasteiger partial charge >= 0.3 is 0 Å². The number of nitrogens with one attached hydrogen (secondary N) is 1. The van der Waals surface area contributed by atoms with Gasteiger partial charge in [0.05, 0.1) is 18.7 Å². The Morgan fingerprint density at radius 1 is 1.77 bits per heavy atom. The average molecular weight is 178 g/mol. The summed E-state index contributed by atoms with van der Waals surface area (Å²) in [6, 6.07) is 2.11. The van der Waals surface area contributed by atoms with Crippen LogP contribution in [-0.2, 0) is 13.6 Å². The fourth-order valence-corrected chi connectivity index (χ4v) is 1.06. The van der Waals surface area contributed by atoms with Crippen LogP contribution in [0.15, 0.2) is 12.4 Å². The first-order chi connectivity index (χ1) is 6.27. The summed E-state index contributed by atoms with van der Waals surface area (Å²) in [7, 11) is 1.94. The summed E-state index contributed by atoms with van der Waals surface area (Å²) < 4.78 is 1.94. The zero-order chi connectivity index (χ0) is 9.68. The Balaban J connectivity index is 2.44. The number of aryl methyl sites for hydroxylation is 1. The van der Waals surface area contributed by atoms with E-state index in [4.69, 9.17) is 5.26 Å². The van der Waals surface area contributed by atoms with E-state index in [0.29, 0.717) is 6.54 Å². The summed E-state index contributed by atoms with van der Waals surface area (Å²) >= 11 is 0. The van der Waals surface area contributed by atoms with Crippen LogP contribution < -0.4 is 5.32 Å². The molecule has 0 aromatic carbocycles. The molecule has 13 heavy (non-hydrogen) atoms. The number of hydrogen-bond donors (Lipinski definition) is 1. The average Bonchev–Trinajstić information content (AvgIpc) is 2.54. The SMILES string of the molecule is CCC(C#N)NCc1nccn1C. The lowest BCUT2D eigenvalue weighted by Crippen LogP contribution is -2.27. The fraction of sp³-hybridized carbons (Fsp3) is 0.556. The number of imidazole rings is 1. The minimum atomic E-state index is -0.0725. The molecule has 0 radical (unpaired) electrons. The van der Waals surface area contributed by atoms with E-state index in [0.717, 1.165) is 12.2 Å². The number of nitriles is 1. The van der Waals surface area contributed by atoms with Gasteiger partial charge in [-0.3, -0.25) is 5.32 Å². The van der Waals surface area contributed by atoms with Crippen molar-refractivity contribution in [2.45, 2.75) is 25.9 Å². The molecule has 1 N–H and O–H groups in total. The van der Waals surface area contributed by atoms with E-state index in [1.165, 1.54) is 0 Å². The van der Waals surface area contributed by atoms with Crippen LogP contribution in [0.25, 0.3) is 0 Å². The monoisotopic (exact) mass is 178 g/mol. The second-order valence-corrected chi connectivity index (χ2v) is 2.93. The lowest BCUT2D eigenvalue weighted by atomic mass is 10.2. The van der Waals surface area contributed by atoms with Crippen molar-refractivity contribution in [2.24, 2.45) is 7.05 Å². The molecule has 0 aliphatic carbocycles. The molecule has 1 heterocycles. The molecule has 0 saturated heterocycles. The van der Waals surface area contributed by atoms with Crippen LogP contribution in [0.3, 0.4) is 0 Å². The first kappa shape index (κ1) is 9.75. The zero-order valence-electron chi connectivity index (χ0n) is 7.99. The topological polar surface area (TPSA) is 53.6 Å². The Hall–Kier alpha value is -1.34. The van der Waals surface area contributed by atoms with Crippen molar-refractivity contribution >= 4 is 0 Å². The minimum Gasteiger partial charge on any atom is -0.337 e. The molecule has 0 aliphatic rings. The minimum absolute atomic E-state index is 0.0725. The van der Waals surface area contributed by atoms with Crippen molar-refractivity contribution in [3.05, 3.63) is 18.2 Å². The zero-order valence-corrected chi connectivity index (χ0v) is 7.99. The lowest BCUT2D eigenvalue weighted by Gasteiger charge is -2.08. The van der Waals surface area contributed by atoms with Crippen molar-refractivity contribution < 1.29 is 0 Å². The largest absolute Gasteiger partial charge is 0.337 e. The highest BCUT2D eigenvalue weighted by atomic mass is 15.1. The molecule has 1 rings (SSSR count). The standard InChI is InChI=1S/C9H14N4/c1-3-8(6-10)12-7-9-11-4-5-13(9)2/h4-5,8,12H,3,7H2,1-2H3. The Kier molecular flexibility index (Phi) is 3.47. The van der Waals surface area contributed by atoms with Gasteiger partial charge in [0.1, 0.15) is 5.82 Å². The summed E-state index contributed by atoms with van der Waals surface area (Å²) in [6.07, 6.45) is 4.47. The van der Waals surface area contributed by atoms with E-state index < -0.39 is 0 Å². The van der Waals surface area contributed by atoms with Crippen LogP contribution in [0.2, 0.25) is 0 Å². The van der Waals surface area contributed by atoms with Crippen LogP contribution in [0, 0.1) is 11.3 Å². The quantitative estimate of drug-likeness (QED) is 0.742. The van der Waals surface area contributed by atoms with Gasteiger partial charge in [-0.2, -0.15) is 5.26 Å². The number of hydrogen-bond acceptors (Lipinski definition) is 3. The molecule has 0 bridgehead atoms. The van der Waals surface area contributed by atoms with E-state index in [9.17, 15) is 0 Å². The molecular weight excluding hydrogens is 164 g/mol. The van der Waals surface area contributed by atoms with Crippen LogP contribution >= 0.6 is 0 Å². The third-order valence-corrected chi connectivity index (χ3v) is 1.99. The van der Waals surface area contributed by atoms with Crippen molar-refractivity contribution in [1.82, 2.24) is 14.9 Å². The summed E-state index contributed by atoms with van der Waals surface area (Å²) in [5.41, 5.74) is 0. The van der Waals surface area contributed by atoms with Gasteiger partial charge in [0.15, 0.2) is 0 Å². The predicted octanol–water partition coefficient (Wildman–Crippen LogP) is 0.812. The highest BCUT2D eigenvalue weighted by Gasteiger charge is 2.04. The Bertz CT molecular complexity index is 297. The van der Waals surface area contributed by atoms with Gasteiger partial charge in [-0.1, -0.05) is 6.92 Å². The van der Waals surface area contributed by atoms with Gasteiger partial charge in [-0.15, -0.1) is 0 Å². The van der Waals surface area contributed by atoms with Crippen LogP contribution in [0.5, 0.6) is 0 Å². The first-order valence-corrected chi connectivity index (χ1v) is 4.37. The second-order valence-electron chi connectivity index (χ2n) is 2.93. The first-order valence-electron chi connectivity index (χ1n) is 4.37. The molecule has 0 amide bonds. The van der Waals surface area contributed by atoms with Gasteiger partial charge < -0.3 is 4.57 Å². The molecule has 1 unspecified atom stereocenters. The molecule has 70 valence electrons. The second kappa shape index (κ2) is 4.63. The van der Waals surface area contributed by atoms with Crippen LogP contribution in [0.1, 0.15) is 19.2 Å². The molecule has 1 aromatic rings. The maximum absolute atomic E-state index is 8.68. The highest BCUT2D eigenvalue weighted by molar-refractivity contribution is 4.94. The van der Waals surface area contributed by atoms with Gasteiger partial charge in [0.2, 0.25) is 0 Å². The molecule has 0 aliphatic heterocycles. The Morgan fingerprint density at radius 3 is 3.00 bits per heavy atom.